The van der Waals surface area contributed by atoms with Crippen molar-refractivity contribution < 1.29 is 9.90 Å². The second-order valence-electron chi connectivity index (χ2n) is 5.44. The van der Waals surface area contributed by atoms with Gasteiger partial charge in [-0.2, -0.15) is 4.98 Å². The zero-order valence-electron chi connectivity index (χ0n) is 13.9. The van der Waals surface area contributed by atoms with Crippen LogP contribution in [0.1, 0.15) is 23.5 Å². The number of carboxylic acid groups (broad SMARTS) is 1. The monoisotopic (exact) mass is 355 g/mol. The number of rotatable bonds is 5. The Bertz CT molecular complexity index is 960. The minimum absolute atomic E-state index is 0.330. The third-order valence-electron chi connectivity index (χ3n) is 3.91. The summed E-state index contributed by atoms with van der Waals surface area (Å²) in [5, 5.41) is 14.0. The SMILES string of the molecule is C=CC(=C)N(C(=O)O)C(C)c1sc2nc(-c3ccncc3)nn2c1C. The maximum absolute atomic E-state index is 11.6. The Morgan fingerprint density at radius 1 is 1.44 bits per heavy atom. The fourth-order valence-corrected chi connectivity index (χ4v) is 3.73. The molecule has 0 saturated carbocycles. The number of carbonyl (C=O) groups is 1. The van der Waals surface area contributed by atoms with Gasteiger partial charge in [0, 0.05) is 23.7 Å². The molecule has 0 saturated heterocycles. The summed E-state index contributed by atoms with van der Waals surface area (Å²) in [5.74, 6) is 0.613. The summed E-state index contributed by atoms with van der Waals surface area (Å²) < 4.78 is 1.74. The molecular formula is C17H17N5O2S. The molecular weight excluding hydrogens is 338 g/mol. The van der Waals surface area contributed by atoms with E-state index in [0.717, 1.165) is 16.1 Å². The third kappa shape index (κ3) is 2.91. The number of pyridine rings is 1. The fourth-order valence-electron chi connectivity index (χ4n) is 2.62. The molecule has 0 aliphatic heterocycles. The zero-order valence-corrected chi connectivity index (χ0v) is 14.7. The number of nitrogens with zero attached hydrogens (tertiary/aromatic N) is 5. The predicted octanol–water partition coefficient (Wildman–Crippen LogP) is 3.90. The van der Waals surface area contributed by atoms with Crippen LogP contribution in [0.25, 0.3) is 16.3 Å². The summed E-state index contributed by atoms with van der Waals surface area (Å²) in [7, 11) is 0. The highest BCUT2D eigenvalue weighted by atomic mass is 32.1. The van der Waals surface area contributed by atoms with E-state index in [4.69, 9.17) is 0 Å². The van der Waals surface area contributed by atoms with Crippen LogP contribution >= 0.6 is 11.3 Å². The van der Waals surface area contributed by atoms with Crippen LogP contribution < -0.4 is 0 Å². The van der Waals surface area contributed by atoms with Gasteiger partial charge in [0.25, 0.3) is 0 Å². The summed E-state index contributed by atoms with van der Waals surface area (Å²) in [6.45, 7) is 11.1. The number of aryl methyl sites for hydroxylation is 1. The number of hydrogen-bond acceptors (Lipinski definition) is 5. The first-order chi connectivity index (χ1) is 11.9. The van der Waals surface area contributed by atoms with Crippen molar-refractivity contribution in [3.63, 3.8) is 0 Å². The van der Waals surface area contributed by atoms with Crippen molar-refractivity contribution >= 4 is 22.4 Å². The summed E-state index contributed by atoms with van der Waals surface area (Å²) in [6, 6.07) is 3.28. The maximum Gasteiger partial charge on any atom is 0.412 e. The number of fused-ring (bicyclic) bond motifs is 1. The molecule has 3 heterocycles. The average molecular weight is 355 g/mol. The second kappa shape index (κ2) is 6.48. The lowest BCUT2D eigenvalue weighted by molar-refractivity contribution is 0.147. The first-order valence-electron chi connectivity index (χ1n) is 7.54. The van der Waals surface area contributed by atoms with Gasteiger partial charge in [0.05, 0.1) is 16.6 Å². The Labute approximate surface area is 148 Å². The van der Waals surface area contributed by atoms with Gasteiger partial charge in [0.15, 0.2) is 5.82 Å². The van der Waals surface area contributed by atoms with Crippen LogP contribution in [-0.2, 0) is 0 Å². The molecule has 128 valence electrons. The first kappa shape index (κ1) is 16.8. The maximum atomic E-state index is 11.6. The fraction of sp³-hybridized carbons (Fsp3) is 0.176. The van der Waals surface area contributed by atoms with E-state index in [0.29, 0.717) is 16.5 Å². The zero-order chi connectivity index (χ0) is 18.1. The Kier molecular flexibility index (Phi) is 4.37. The van der Waals surface area contributed by atoms with Crippen LogP contribution in [-0.4, -0.2) is 35.7 Å². The molecule has 1 unspecified atom stereocenters. The molecule has 0 aliphatic rings. The van der Waals surface area contributed by atoms with Gasteiger partial charge in [-0.1, -0.05) is 24.5 Å². The Balaban J connectivity index is 2.02. The summed E-state index contributed by atoms with van der Waals surface area (Å²) in [5.41, 5.74) is 2.06. The van der Waals surface area contributed by atoms with Crippen molar-refractivity contribution in [1.29, 1.82) is 0 Å². The van der Waals surface area contributed by atoms with Crippen molar-refractivity contribution in [2.24, 2.45) is 0 Å². The van der Waals surface area contributed by atoms with Crippen LogP contribution in [0, 0.1) is 6.92 Å². The van der Waals surface area contributed by atoms with E-state index in [1.165, 1.54) is 22.3 Å². The molecule has 0 spiro atoms. The highest BCUT2D eigenvalue weighted by molar-refractivity contribution is 7.17. The highest BCUT2D eigenvalue weighted by Gasteiger charge is 2.27. The minimum Gasteiger partial charge on any atom is -0.465 e. The van der Waals surface area contributed by atoms with E-state index in [9.17, 15) is 9.90 Å². The van der Waals surface area contributed by atoms with Gasteiger partial charge in [-0.3, -0.25) is 9.88 Å². The van der Waals surface area contributed by atoms with Crippen molar-refractivity contribution in [2.75, 3.05) is 0 Å². The molecule has 3 rings (SSSR count). The normalized spacial score (nSPS) is 12.1. The molecule has 0 radical (unpaired) electrons. The van der Waals surface area contributed by atoms with E-state index >= 15 is 0 Å². The highest BCUT2D eigenvalue weighted by Crippen LogP contribution is 2.33. The molecule has 0 aliphatic carbocycles. The van der Waals surface area contributed by atoms with Crippen molar-refractivity contribution in [1.82, 2.24) is 24.5 Å². The number of thiazole rings is 1. The van der Waals surface area contributed by atoms with Gasteiger partial charge >= 0.3 is 6.09 Å². The molecule has 3 aromatic rings. The lowest BCUT2D eigenvalue weighted by Gasteiger charge is -2.26. The number of amides is 1. The number of aromatic nitrogens is 4. The molecule has 7 nitrogen and oxygen atoms in total. The van der Waals surface area contributed by atoms with E-state index in [1.807, 2.05) is 26.0 Å². The smallest absolute Gasteiger partial charge is 0.412 e. The quantitative estimate of drug-likeness (QED) is 0.702. The molecule has 1 atom stereocenters. The lowest BCUT2D eigenvalue weighted by Crippen LogP contribution is -2.30. The largest absolute Gasteiger partial charge is 0.465 e. The standard InChI is InChI=1S/C17H17N5O2S/c1-5-10(2)21(17(23)24)11(3)14-12(4)22-16(25-14)19-15(20-22)13-6-8-18-9-7-13/h5-9,11H,1-2H2,3-4H3,(H,23,24). The molecule has 8 heteroatoms. The van der Waals surface area contributed by atoms with E-state index in [-0.39, 0.29) is 0 Å². The van der Waals surface area contributed by atoms with Crippen LogP contribution in [0.2, 0.25) is 0 Å². The van der Waals surface area contributed by atoms with Gasteiger partial charge in [-0.05, 0) is 32.1 Å². The van der Waals surface area contributed by atoms with Crippen molar-refractivity contribution in [3.05, 3.63) is 60.0 Å². The molecule has 25 heavy (non-hydrogen) atoms. The van der Waals surface area contributed by atoms with Crippen molar-refractivity contribution in [3.8, 4) is 11.4 Å². The third-order valence-corrected chi connectivity index (χ3v) is 5.21. The predicted molar refractivity (Wildman–Crippen MR) is 96.4 cm³/mol. The van der Waals surface area contributed by atoms with E-state index in [1.54, 1.807) is 16.9 Å². The second-order valence-corrected chi connectivity index (χ2v) is 6.45. The van der Waals surface area contributed by atoms with Gasteiger partial charge < -0.3 is 5.11 Å². The van der Waals surface area contributed by atoms with Crippen LogP contribution in [0.15, 0.2) is 49.5 Å². The molecule has 0 bridgehead atoms. The number of allylic oxidation sites excluding steroid dienone is 1. The minimum atomic E-state index is -1.08. The Morgan fingerprint density at radius 2 is 2.12 bits per heavy atom. The average Bonchev–Trinajstić information content (AvgIpc) is 3.15. The molecule has 0 aromatic carbocycles. The van der Waals surface area contributed by atoms with Crippen LogP contribution in [0.3, 0.4) is 0 Å². The lowest BCUT2D eigenvalue weighted by atomic mass is 10.2. The molecule has 0 fully saturated rings. The number of hydrogen-bond donors (Lipinski definition) is 1. The molecule has 1 N–H and O–H groups in total. The first-order valence-corrected chi connectivity index (χ1v) is 8.35. The molecule has 1 amide bonds. The van der Waals surface area contributed by atoms with Gasteiger partial charge in [0.1, 0.15) is 0 Å². The van der Waals surface area contributed by atoms with Crippen LogP contribution in [0.5, 0.6) is 0 Å². The topological polar surface area (TPSA) is 83.6 Å². The van der Waals surface area contributed by atoms with Gasteiger partial charge in [-0.15, -0.1) is 5.10 Å². The van der Waals surface area contributed by atoms with E-state index < -0.39 is 12.1 Å². The Morgan fingerprint density at radius 3 is 2.68 bits per heavy atom. The van der Waals surface area contributed by atoms with Crippen LogP contribution in [0.4, 0.5) is 4.79 Å². The van der Waals surface area contributed by atoms with Crippen molar-refractivity contribution in [2.45, 2.75) is 19.9 Å². The summed E-state index contributed by atoms with van der Waals surface area (Å²) in [4.78, 5) is 22.9. The Hall–Kier alpha value is -3.00. The van der Waals surface area contributed by atoms with E-state index in [2.05, 4.69) is 28.2 Å². The van der Waals surface area contributed by atoms with Gasteiger partial charge in [-0.25, -0.2) is 9.31 Å². The molecule has 3 aromatic heterocycles. The van der Waals surface area contributed by atoms with Gasteiger partial charge in [0.2, 0.25) is 4.96 Å². The summed E-state index contributed by atoms with van der Waals surface area (Å²) in [6.07, 6.45) is 3.74. The summed E-state index contributed by atoms with van der Waals surface area (Å²) >= 11 is 1.41.